The van der Waals surface area contributed by atoms with Gasteiger partial charge in [-0.3, -0.25) is 0 Å². The van der Waals surface area contributed by atoms with Crippen molar-refractivity contribution >= 4 is 34.7 Å². The van der Waals surface area contributed by atoms with Crippen molar-refractivity contribution in [2.24, 2.45) is 0 Å². The van der Waals surface area contributed by atoms with Gasteiger partial charge in [0.15, 0.2) is 4.34 Å². The van der Waals surface area contributed by atoms with Crippen LogP contribution in [0.3, 0.4) is 0 Å². The Hall–Kier alpha value is -0.0600. The molecule has 0 saturated carbocycles. The minimum atomic E-state index is 0.579. The number of hydrogen-bond donors (Lipinski definition) is 0. The standard InChI is InChI=1S/C7H9ClN2S2/c1-6-9-10-7(12-6)11-5-3-2-4-8/h2-3H,4-5H2,1H3. The number of rotatable bonds is 4. The van der Waals surface area contributed by atoms with Crippen molar-refractivity contribution in [2.75, 3.05) is 11.6 Å². The van der Waals surface area contributed by atoms with E-state index in [4.69, 9.17) is 11.6 Å². The largest absolute Gasteiger partial charge is 0.174 e. The van der Waals surface area contributed by atoms with Gasteiger partial charge in [-0.25, -0.2) is 0 Å². The number of aromatic nitrogens is 2. The van der Waals surface area contributed by atoms with Gasteiger partial charge in [0.05, 0.1) is 0 Å². The summed E-state index contributed by atoms with van der Waals surface area (Å²) in [5.41, 5.74) is 0. The zero-order valence-corrected chi connectivity index (χ0v) is 9.05. The minimum absolute atomic E-state index is 0.579. The highest BCUT2D eigenvalue weighted by molar-refractivity contribution is 8.01. The van der Waals surface area contributed by atoms with Crippen LogP contribution in [0, 0.1) is 6.92 Å². The van der Waals surface area contributed by atoms with Crippen LogP contribution in [0.15, 0.2) is 16.5 Å². The maximum absolute atomic E-state index is 5.47. The highest BCUT2D eigenvalue weighted by Crippen LogP contribution is 2.21. The first kappa shape index (κ1) is 10.0. The quantitative estimate of drug-likeness (QED) is 0.443. The fourth-order valence-electron chi connectivity index (χ4n) is 0.587. The summed E-state index contributed by atoms with van der Waals surface area (Å²) in [5, 5.41) is 8.90. The van der Waals surface area contributed by atoms with Crippen molar-refractivity contribution in [1.29, 1.82) is 0 Å². The van der Waals surface area contributed by atoms with Crippen LogP contribution in [-0.4, -0.2) is 21.8 Å². The molecule has 12 heavy (non-hydrogen) atoms. The fraction of sp³-hybridized carbons (Fsp3) is 0.429. The molecule has 0 saturated heterocycles. The predicted octanol–water partition coefficient (Wildman–Crippen LogP) is 2.73. The van der Waals surface area contributed by atoms with E-state index in [1.54, 1.807) is 23.1 Å². The normalized spacial score (nSPS) is 11.2. The smallest absolute Gasteiger partial charge is 0.143 e. The van der Waals surface area contributed by atoms with Crippen LogP contribution in [0.25, 0.3) is 0 Å². The van der Waals surface area contributed by atoms with E-state index in [0.717, 1.165) is 15.1 Å². The van der Waals surface area contributed by atoms with Gasteiger partial charge < -0.3 is 0 Å². The molecule has 0 fully saturated rings. The SMILES string of the molecule is Cc1nnc(SCC=CCCl)s1. The first-order valence-electron chi connectivity index (χ1n) is 3.47. The van der Waals surface area contributed by atoms with E-state index in [1.807, 2.05) is 19.1 Å². The predicted molar refractivity (Wildman–Crippen MR) is 55.2 cm³/mol. The molecule has 1 aromatic heterocycles. The summed E-state index contributed by atoms with van der Waals surface area (Å²) in [6.07, 6.45) is 3.97. The van der Waals surface area contributed by atoms with E-state index in [1.165, 1.54) is 0 Å². The first-order valence-corrected chi connectivity index (χ1v) is 5.80. The Morgan fingerprint density at radius 1 is 1.50 bits per heavy atom. The number of thioether (sulfide) groups is 1. The summed E-state index contributed by atoms with van der Waals surface area (Å²) in [5.74, 6) is 1.50. The summed E-state index contributed by atoms with van der Waals surface area (Å²) >= 11 is 8.77. The molecule has 0 aliphatic heterocycles. The number of allylic oxidation sites excluding steroid dienone is 1. The van der Waals surface area contributed by atoms with Gasteiger partial charge in [-0.15, -0.1) is 21.8 Å². The third-order valence-electron chi connectivity index (χ3n) is 1.07. The Bertz CT molecular complexity index is 260. The lowest BCUT2D eigenvalue weighted by Crippen LogP contribution is -1.73. The number of hydrogen-bond acceptors (Lipinski definition) is 4. The molecule has 0 aliphatic carbocycles. The van der Waals surface area contributed by atoms with Crippen LogP contribution in [0.1, 0.15) is 5.01 Å². The molecule has 0 amide bonds. The summed E-state index contributed by atoms with van der Waals surface area (Å²) in [6, 6.07) is 0. The van der Waals surface area contributed by atoms with Crippen molar-refractivity contribution in [3.63, 3.8) is 0 Å². The number of nitrogens with zero attached hydrogens (tertiary/aromatic N) is 2. The number of aryl methyl sites for hydroxylation is 1. The molecule has 0 bridgehead atoms. The van der Waals surface area contributed by atoms with Gasteiger partial charge >= 0.3 is 0 Å². The van der Waals surface area contributed by atoms with E-state index in [-0.39, 0.29) is 0 Å². The molecular formula is C7H9ClN2S2. The molecule has 1 rings (SSSR count). The van der Waals surface area contributed by atoms with Crippen molar-refractivity contribution in [3.8, 4) is 0 Å². The van der Waals surface area contributed by atoms with E-state index in [2.05, 4.69) is 10.2 Å². The zero-order chi connectivity index (χ0) is 8.81. The van der Waals surface area contributed by atoms with Crippen LogP contribution in [0.5, 0.6) is 0 Å². The molecule has 0 N–H and O–H groups in total. The molecule has 1 heterocycles. The van der Waals surface area contributed by atoms with Crippen LogP contribution < -0.4 is 0 Å². The molecule has 66 valence electrons. The van der Waals surface area contributed by atoms with Crippen molar-refractivity contribution < 1.29 is 0 Å². The van der Waals surface area contributed by atoms with E-state index < -0.39 is 0 Å². The lowest BCUT2D eigenvalue weighted by molar-refractivity contribution is 0.985. The number of alkyl halides is 1. The average Bonchev–Trinajstić information content (AvgIpc) is 2.45. The number of halogens is 1. The molecule has 2 nitrogen and oxygen atoms in total. The van der Waals surface area contributed by atoms with Gasteiger partial charge in [-0.05, 0) is 6.92 Å². The lowest BCUT2D eigenvalue weighted by Gasteiger charge is -1.86. The second kappa shape index (κ2) is 5.56. The van der Waals surface area contributed by atoms with Gasteiger partial charge in [-0.2, -0.15) is 0 Å². The van der Waals surface area contributed by atoms with Crippen molar-refractivity contribution in [3.05, 3.63) is 17.2 Å². The third-order valence-corrected chi connectivity index (χ3v) is 3.17. The monoisotopic (exact) mass is 220 g/mol. The Balaban J connectivity index is 2.28. The Morgan fingerprint density at radius 2 is 2.33 bits per heavy atom. The van der Waals surface area contributed by atoms with Gasteiger partial charge in [0, 0.05) is 11.6 Å². The maximum Gasteiger partial charge on any atom is 0.174 e. The van der Waals surface area contributed by atoms with E-state index in [9.17, 15) is 0 Å². The molecule has 0 aliphatic rings. The van der Waals surface area contributed by atoms with Gasteiger partial charge in [-0.1, -0.05) is 35.3 Å². The van der Waals surface area contributed by atoms with E-state index in [0.29, 0.717) is 5.88 Å². The zero-order valence-electron chi connectivity index (χ0n) is 6.66. The summed E-state index contributed by atoms with van der Waals surface area (Å²) < 4.78 is 1.02. The summed E-state index contributed by atoms with van der Waals surface area (Å²) in [6.45, 7) is 1.95. The molecule has 0 atom stereocenters. The molecule has 1 aromatic rings. The first-order chi connectivity index (χ1) is 5.83. The Kier molecular flexibility index (Phi) is 4.65. The topological polar surface area (TPSA) is 25.8 Å². The fourth-order valence-corrected chi connectivity index (χ4v) is 2.40. The molecule has 0 spiro atoms. The third kappa shape index (κ3) is 3.56. The molecule has 5 heteroatoms. The second-order valence-corrected chi connectivity index (χ2v) is 4.78. The molecule has 0 unspecified atom stereocenters. The van der Waals surface area contributed by atoms with Crippen LogP contribution in [0.2, 0.25) is 0 Å². The Labute approximate surface area is 85.0 Å². The average molecular weight is 221 g/mol. The van der Waals surface area contributed by atoms with Crippen LogP contribution in [0.4, 0.5) is 0 Å². The van der Waals surface area contributed by atoms with Gasteiger partial charge in [0.25, 0.3) is 0 Å². The van der Waals surface area contributed by atoms with Crippen LogP contribution in [-0.2, 0) is 0 Å². The summed E-state index contributed by atoms with van der Waals surface area (Å²) in [7, 11) is 0. The molecule has 0 radical (unpaired) electrons. The van der Waals surface area contributed by atoms with Crippen molar-refractivity contribution in [1.82, 2.24) is 10.2 Å². The Morgan fingerprint density at radius 3 is 2.92 bits per heavy atom. The second-order valence-electron chi connectivity index (χ2n) is 2.02. The maximum atomic E-state index is 5.47. The highest BCUT2D eigenvalue weighted by Gasteiger charge is 1.97. The molecular weight excluding hydrogens is 212 g/mol. The van der Waals surface area contributed by atoms with E-state index >= 15 is 0 Å². The lowest BCUT2D eigenvalue weighted by atomic mass is 10.6. The highest BCUT2D eigenvalue weighted by atomic mass is 35.5. The van der Waals surface area contributed by atoms with Crippen molar-refractivity contribution in [2.45, 2.75) is 11.3 Å². The minimum Gasteiger partial charge on any atom is -0.143 e. The van der Waals surface area contributed by atoms with Gasteiger partial charge in [0.1, 0.15) is 5.01 Å². The van der Waals surface area contributed by atoms with Gasteiger partial charge in [0.2, 0.25) is 0 Å². The summed E-state index contributed by atoms with van der Waals surface area (Å²) in [4.78, 5) is 0. The molecule has 0 aromatic carbocycles. The van der Waals surface area contributed by atoms with Crippen LogP contribution >= 0.6 is 34.7 Å².